The van der Waals surface area contributed by atoms with Crippen LogP contribution in [0.5, 0.6) is 0 Å². The molecule has 18 heavy (non-hydrogen) atoms. The van der Waals surface area contributed by atoms with Crippen LogP contribution in [-0.2, 0) is 9.53 Å². The summed E-state index contributed by atoms with van der Waals surface area (Å²) in [6.45, 7) is 6.83. The maximum atomic E-state index is 12.7. The van der Waals surface area contributed by atoms with Gasteiger partial charge in [-0.1, -0.05) is 6.92 Å². The Morgan fingerprint density at radius 2 is 2.22 bits per heavy atom. The van der Waals surface area contributed by atoms with E-state index in [9.17, 15) is 4.79 Å². The second-order valence-corrected chi connectivity index (χ2v) is 6.01. The lowest BCUT2D eigenvalue weighted by Crippen LogP contribution is -2.60. The highest BCUT2D eigenvalue weighted by atomic mass is 16.5. The average molecular weight is 254 g/mol. The van der Waals surface area contributed by atoms with Gasteiger partial charge >= 0.3 is 0 Å². The number of rotatable bonds is 2. The summed E-state index contributed by atoms with van der Waals surface area (Å²) in [5, 5.41) is 3.40. The molecule has 4 heteroatoms. The summed E-state index contributed by atoms with van der Waals surface area (Å²) in [5.74, 6) is 0.808. The van der Waals surface area contributed by atoms with Crippen LogP contribution in [0.3, 0.4) is 0 Å². The number of likely N-dealkylation sites (tertiary alicyclic amines) is 1. The standard InChI is InChI=1S/C14H26N2O2/c1-11-6-9-16(10-12(11)18-3)13(17)14(2)7-4-5-8-15-14/h11-12,15H,4-10H2,1-3H3. The molecule has 3 unspecified atom stereocenters. The summed E-state index contributed by atoms with van der Waals surface area (Å²) in [5.41, 5.74) is -0.350. The van der Waals surface area contributed by atoms with Gasteiger partial charge in [0.25, 0.3) is 0 Å². The molecule has 0 bridgehead atoms. The van der Waals surface area contributed by atoms with Crippen LogP contribution in [0.2, 0.25) is 0 Å². The first-order valence-corrected chi connectivity index (χ1v) is 7.14. The number of nitrogens with zero attached hydrogens (tertiary/aromatic N) is 1. The van der Waals surface area contributed by atoms with Crippen molar-refractivity contribution in [2.75, 3.05) is 26.7 Å². The van der Waals surface area contributed by atoms with Crippen LogP contribution < -0.4 is 5.32 Å². The SMILES string of the molecule is COC1CN(C(=O)C2(C)CCCCN2)CCC1C. The van der Waals surface area contributed by atoms with Gasteiger partial charge in [-0.15, -0.1) is 0 Å². The quantitative estimate of drug-likeness (QED) is 0.810. The molecule has 0 aromatic heterocycles. The minimum atomic E-state index is -0.350. The summed E-state index contributed by atoms with van der Waals surface area (Å²) < 4.78 is 5.49. The maximum Gasteiger partial charge on any atom is 0.242 e. The Morgan fingerprint density at radius 1 is 1.44 bits per heavy atom. The highest BCUT2D eigenvalue weighted by molar-refractivity contribution is 5.86. The molecule has 104 valence electrons. The monoisotopic (exact) mass is 254 g/mol. The van der Waals surface area contributed by atoms with Gasteiger partial charge in [-0.2, -0.15) is 0 Å². The van der Waals surface area contributed by atoms with Crippen molar-refractivity contribution in [2.45, 2.75) is 51.2 Å². The minimum Gasteiger partial charge on any atom is -0.379 e. The fourth-order valence-electron chi connectivity index (χ4n) is 3.11. The number of nitrogens with one attached hydrogen (secondary N) is 1. The van der Waals surface area contributed by atoms with Crippen molar-refractivity contribution in [3.05, 3.63) is 0 Å². The number of ether oxygens (including phenoxy) is 1. The van der Waals surface area contributed by atoms with E-state index in [1.807, 2.05) is 11.8 Å². The van der Waals surface area contributed by atoms with E-state index in [1.54, 1.807) is 7.11 Å². The Bertz CT molecular complexity index is 300. The van der Waals surface area contributed by atoms with E-state index < -0.39 is 0 Å². The summed E-state index contributed by atoms with van der Waals surface area (Å²) >= 11 is 0. The van der Waals surface area contributed by atoms with Gasteiger partial charge in [0.05, 0.1) is 11.6 Å². The summed E-state index contributed by atoms with van der Waals surface area (Å²) in [4.78, 5) is 14.6. The lowest BCUT2D eigenvalue weighted by Gasteiger charge is -2.42. The Labute approximate surface area is 110 Å². The average Bonchev–Trinajstić information content (AvgIpc) is 2.39. The van der Waals surface area contributed by atoms with Gasteiger partial charge in [0.15, 0.2) is 0 Å². The number of hydrogen-bond acceptors (Lipinski definition) is 3. The van der Waals surface area contributed by atoms with Gasteiger partial charge in [0, 0.05) is 20.2 Å². The summed E-state index contributed by atoms with van der Waals surface area (Å²) in [6, 6.07) is 0. The third-order valence-electron chi connectivity index (χ3n) is 4.57. The first-order valence-electron chi connectivity index (χ1n) is 7.14. The van der Waals surface area contributed by atoms with Gasteiger partial charge < -0.3 is 15.0 Å². The molecule has 0 saturated carbocycles. The van der Waals surface area contributed by atoms with E-state index >= 15 is 0 Å². The van der Waals surface area contributed by atoms with E-state index in [0.717, 1.165) is 38.9 Å². The molecule has 1 amide bonds. The van der Waals surface area contributed by atoms with Gasteiger partial charge in [0.1, 0.15) is 0 Å². The smallest absolute Gasteiger partial charge is 0.242 e. The third-order valence-corrected chi connectivity index (χ3v) is 4.57. The van der Waals surface area contributed by atoms with Crippen LogP contribution in [0.15, 0.2) is 0 Å². The molecule has 2 rings (SSSR count). The minimum absolute atomic E-state index is 0.190. The molecular weight excluding hydrogens is 228 g/mol. The molecule has 2 saturated heterocycles. The number of carbonyl (C=O) groups is 1. The largest absolute Gasteiger partial charge is 0.379 e. The van der Waals surface area contributed by atoms with Crippen molar-refractivity contribution in [1.82, 2.24) is 10.2 Å². The predicted molar refractivity (Wildman–Crippen MR) is 71.4 cm³/mol. The van der Waals surface area contributed by atoms with Crippen molar-refractivity contribution in [3.8, 4) is 0 Å². The van der Waals surface area contributed by atoms with Crippen molar-refractivity contribution < 1.29 is 9.53 Å². The predicted octanol–water partition coefficient (Wildman–Crippen LogP) is 1.40. The van der Waals surface area contributed by atoms with Crippen LogP contribution in [0.1, 0.15) is 39.5 Å². The van der Waals surface area contributed by atoms with Gasteiger partial charge in [-0.25, -0.2) is 0 Å². The Kier molecular flexibility index (Phi) is 4.28. The first-order chi connectivity index (χ1) is 8.57. The molecule has 2 fully saturated rings. The van der Waals surface area contributed by atoms with Gasteiger partial charge in [0.2, 0.25) is 5.91 Å². The van der Waals surface area contributed by atoms with E-state index in [-0.39, 0.29) is 17.6 Å². The molecule has 0 aromatic rings. The van der Waals surface area contributed by atoms with Crippen LogP contribution in [0.4, 0.5) is 0 Å². The molecule has 1 N–H and O–H groups in total. The van der Waals surface area contributed by atoms with Crippen molar-refractivity contribution in [1.29, 1.82) is 0 Å². The molecule has 2 aliphatic heterocycles. The number of carbonyl (C=O) groups excluding carboxylic acids is 1. The summed E-state index contributed by atoms with van der Waals surface area (Å²) in [7, 11) is 1.75. The molecule has 0 aliphatic carbocycles. The Balaban J connectivity index is 2.00. The second kappa shape index (κ2) is 5.57. The normalized spacial score (nSPS) is 37.6. The molecule has 3 atom stereocenters. The lowest BCUT2D eigenvalue weighted by molar-refractivity contribution is -0.143. The number of amides is 1. The highest BCUT2D eigenvalue weighted by Gasteiger charge is 2.40. The van der Waals surface area contributed by atoms with Crippen molar-refractivity contribution in [2.24, 2.45) is 5.92 Å². The topological polar surface area (TPSA) is 41.6 Å². The lowest BCUT2D eigenvalue weighted by atomic mass is 9.87. The Morgan fingerprint density at radius 3 is 2.83 bits per heavy atom. The molecule has 0 radical (unpaired) electrons. The fraction of sp³-hybridized carbons (Fsp3) is 0.929. The zero-order valence-corrected chi connectivity index (χ0v) is 11.9. The van der Waals surface area contributed by atoms with E-state index in [1.165, 1.54) is 6.42 Å². The van der Waals surface area contributed by atoms with E-state index in [0.29, 0.717) is 5.92 Å². The number of methoxy groups -OCH3 is 1. The molecule has 2 heterocycles. The zero-order chi connectivity index (χ0) is 13.2. The third kappa shape index (κ3) is 2.69. The van der Waals surface area contributed by atoms with Crippen molar-refractivity contribution >= 4 is 5.91 Å². The zero-order valence-electron chi connectivity index (χ0n) is 11.9. The highest BCUT2D eigenvalue weighted by Crippen LogP contribution is 2.25. The molecule has 4 nitrogen and oxygen atoms in total. The summed E-state index contributed by atoms with van der Waals surface area (Å²) in [6.07, 6.45) is 4.51. The second-order valence-electron chi connectivity index (χ2n) is 6.01. The molecule has 0 aromatic carbocycles. The number of hydrogen-bond donors (Lipinski definition) is 1. The molecule has 0 spiro atoms. The van der Waals surface area contributed by atoms with E-state index in [2.05, 4.69) is 12.2 Å². The van der Waals surface area contributed by atoms with Crippen LogP contribution in [0.25, 0.3) is 0 Å². The van der Waals surface area contributed by atoms with Crippen LogP contribution in [-0.4, -0.2) is 49.2 Å². The number of piperidine rings is 2. The van der Waals surface area contributed by atoms with Crippen LogP contribution >= 0.6 is 0 Å². The molecule has 2 aliphatic rings. The van der Waals surface area contributed by atoms with E-state index in [4.69, 9.17) is 4.74 Å². The van der Waals surface area contributed by atoms with Crippen LogP contribution in [0, 0.1) is 5.92 Å². The van der Waals surface area contributed by atoms with Gasteiger partial charge in [-0.05, 0) is 45.1 Å². The first kappa shape index (κ1) is 13.8. The molecular formula is C14H26N2O2. The maximum absolute atomic E-state index is 12.7. The Hall–Kier alpha value is -0.610. The fourth-order valence-corrected chi connectivity index (χ4v) is 3.11. The van der Waals surface area contributed by atoms with Crippen molar-refractivity contribution in [3.63, 3.8) is 0 Å². The van der Waals surface area contributed by atoms with Gasteiger partial charge in [-0.3, -0.25) is 4.79 Å².